The lowest BCUT2D eigenvalue weighted by Crippen LogP contribution is -2.49. The molecular weight excluding hydrogens is 265 g/mol. The summed E-state index contributed by atoms with van der Waals surface area (Å²) in [6.07, 6.45) is -1.99. The molecule has 0 spiro atoms. The van der Waals surface area contributed by atoms with Gasteiger partial charge in [0.1, 0.15) is 0 Å². The monoisotopic (exact) mass is 286 g/mol. The van der Waals surface area contributed by atoms with Gasteiger partial charge in [-0.15, -0.1) is 11.6 Å². The average molecular weight is 287 g/mol. The highest BCUT2D eigenvalue weighted by atomic mass is 35.5. The van der Waals surface area contributed by atoms with Crippen LogP contribution in [0.3, 0.4) is 0 Å². The Morgan fingerprint density at radius 1 is 1.06 bits per heavy atom. The van der Waals surface area contributed by atoms with Crippen LogP contribution in [0.25, 0.3) is 0 Å². The van der Waals surface area contributed by atoms with E-state index < -0.39 is 12.7 Å². The molecule has 0 bridgehead atoms. The Morgan fingerprint density at radius 2 is 1.61 bits per heavy atom. The van der Waals surface area contributed by atoms with E-state index >= 15 is 0 Å². The Hall–Kier alpha value is -0.0000000000000000555. The van der Waals surface area contributed by atoms with Crippen molar-refractivity contribution < 1.29 is 13.2 Å². The summed E-state index contributed by atoms with van der Waals surface area (Å²) in [5.41, 5.74) is 0. The molecule has 1 atom stereocenters. The van der Waals surface area contributed by atoms with Gasteiger partial charge >= 0.3 is 6.18 Å². The predicted molar refractivity (Wildman–Crippen MR) is 68.1 cm³/mol. The predicted octanol–water partition coefficient (Wildman–Crippen LogP) is 2.82. The number of piperazine rings is 1. The van der Waals surface area contributed by atoms with Crippen molar-refractivity contribution in [1.29, 1.82) is 0 Å². The summed E-state index contributed by atoms with van der Waals surface area (Å²) in [4.78, 5) is 3.73. The molecule has 0 aromatic heterocycles. The second kappa shape index (κ2) is 7.56. The maximum Gasteiger partial charge on any atom is 0.401 e. The Kier molecular flexibility index (Phi) is 6.74. The van der Waals surface area contributed by atoms with Gasteiger partial charge in [-0.25, -0.2) is 0 Å². The van der Waals surface area contributed by atoms with E-state index in [1.165, 1.54) is 4.90 Å². The highest BCUT2D eigenvalue weighted by Gasteiger charge is 2.31. The van der Waals surface area contributed by atoms with Crippen molar-refractivity contribution in [2.45, 2.75) is 25.9 Å². The number of hydrogen-bond donors (Lipinski definition) is 0. The SMILES string of the molecule is CC(CCCl)CCN1CCN(CC(F)(F)F)CC1. The van der Waals surface area contributed by atoms with E-state index in [1.54, 1.807) is 0 Å². The molecule has 1 fully saturated rings. The fraction of sp³-hybridized carbons (Fsp3) is 1.00. The minimum atomic E-state index is -4.07. The lowest BCUT2D eigenvalue weighted by Gasteiger charge is -2.35. The molecule has 0 amide bonds. The summed E-state index contributed by atoms with van der Waals surface area (Å²) in [6.45, 7) is 4.88. The normalized spacial score (nSPS) is 21.2. The number of halogens is 4. The van der Waals surface area contributed by atoms with Crippen molar-refractivity contribution in [3.63, 3.8) is 0 Å². The Labute approximate surface area is 112 Å². The van der Waals surface area contributed by atoms with Crippen molar-refractivity contribution in [2.24, 2.45) is 5.92 Å². The van der Waals surface area contributed by atoms with Gasteiger partial charge in [-0.1, -0.05) is 6.92 Å². The molecule has 1 aliphatic rings. The second-order valence-corrected chi connectivity index (χ2v) is 5.48. The van der Waals surface area contributed by atoms with Crippen molar-refractivity contribution in [3.05, 3.63) is 0 Å². The summed E-state index contributed by atoms with van der Waals surface area (Å²) >= 11 is 5.67. The number of alkyl halides is 4. The molecule has 6 heteroatoms. The fourth-order valence-electron chi connectivity index (χ4n) is 2.16. The van der Waals surface area contributed by atoms with Crippen LogP contribution in [0.1, 0.15) is 19.8 Å². The van der Waals surface area contributed by atoms with Crippen molar-refractivity contribution in [3.8, 4) is 0 Å². The lowest BCUT2D eigenvalue weighted by molar-refractivity contribution is -0.149. The van der Waals surface area contributed by atoms with Crippen molar-refractivity contribution in [2.75, 3.05) is 45.1 Å². The molecule has 1 unspecified atom stereocenters. The molecule has 0 saturated carbocycles. The topological polar surface area (TPSA) is 6.48 Å². The molecule has 0 radical (unpaired) electrons. The van der Waals surface area contributed by atoms with Crippen LogP contribution in [0.2, 0.25) is 0 Å². The van der Waals surface area contributed by atoms with E-state index in [2.05, 4.69) is 11.8 Å². The Bertz CT molecular complexity index is 228. The second-order valence-electron chi connectivity index (χ2n) is 5.10. The number of hydrogen-bond acceptors (Lipinski definition) is 2. The summed E-state index contributed by atoms with van der Waals surface area (Å²) in [5.74, 6) is 1.27. The number of rotatable bonds is 6. The maximum atomic E-state index is 12.2. The maximum absolute atomic E-state index is 12.2. The molecule has 1 heterocycles. The molecule has 1 saturated heterocycles. The zero-order valence-electron chi connectivity index (χ0n) is 10.8. The van der Waals surface area contributed by atoms with Crippen LogP contribution >= 0.6 is 11.6 Å². The van der Waals surface area contributed by atoms with Crippen LogP contribution in [-0.2, 0) is 0 Å². The molecule has 0 aromatic carbocycles. The van der Waals surface area contributed by atoms with Gasteiger partial charge in [-0.05, 0) is 25.3 Å². The smallest absolute Gasteiger partial charge is 0.301 e. The van der Waals surface area contributed by atoms with E-state index in [1.807, 2.05) is 0 Å². The summed E-state index contributed by atoms with van der Waals surface area (Å²) in [6, 6.07) is 0. The van der Waals surface area contributed by atoms with E-state index in [4.69, 9.17) is 11.6 Å². The van der Waals surface area contributed by atoms with Gasteiger partial charge < -0.3 is 4.90 Å². The molecule has 0 aliphatic carbocycles. The van der Waals surface area contributed by atoms with E-state index in [0.29, 0.717) is 24.9 Å². The van der Waals surface area contributed by atoms with Crippen LogP contribution in [0.4, 0.5) is 13.2 Å². The van der Waals surface area contributed by atoms with E-state index in [-0.39, 0.29) is 0 Å². The van der Waals surface area contributed by atoms with Crippen LogP contribution in [0.15, 0.2) is 0 Å². The minimum Gasteiger partial charge on any atom is -0.301 e. The van der Waals surface area contributed by atoms with E-state index in [0.717, 1.165) is 32.5 Å². The summed E-state index contributed by atoms with van der Waals surface area (Å²) in [7, 11) is 0. The Morgan fingerprint density at radius 3 is 2.11 bits per heavy atom. The first kappa shape index (κ1) is 16.1. The average Bonchev–Trinajstić information content (AvgIpc) is 2.26. The largest absolute Gasteiger partial charge is 0.401 e. The van der Waals surface area contributed by atoms with Crippen molar-refractivity contribution >= 4 is 11.6 Å². The zero-order chi connectivity index (χ0) is 13.6. The van der Waals surface area contributed by atoms with Gasteiger partial charge in [0, 0.05) is 32.1 Å². The third-order valence-corrected chi connectivity index (χ3v) is 3.63. The first-order valence-corrected chi connectivity index (χ1v) is 7.01. The third-order valence-electron chi connectivity index (χ3n) is 3.41. The summed E-state index contributed by atoms with van der Waals surface area (Å²) in [5, 5.41) is 0. The molecule has 0 aromatic rings. The first-order chi connectivity index (χ1) is 8.40. The van der Waals surface area contributed by atoms with Gasteiger partial charge in [-0.3, -0.25) is 4.90 Å². The molecule has 2 nitrogen and oxygen atoms in total. The van der Waals surface area contributed by atoms with Gasteiger partial charge in [-0.2, -0.15) is 13.2 Å². The molecular formula is C12H22ClF3N2. The first-order valence-electron chi connectivity index (χ1n) is 6.48. The number of nitrogens with zero attached hydrogens (tertiary/aromatic N) is 2. The van der Waals surface area contributed by atoms with E-state index in [9.17, 15) is 13.2 Å². The van der Waals surface area contributed by atoms with Gasteiger partial charge in [0.15, 0.2) is 0 Å². The quantitative estimate of drug-likeness (QED) is 0.693. The lowest BCUT2D eigenvalue weighted by atomic mass is 10.0. The summed E-state index contributed by atoms with van der Waals surface area (Å²) < 4.78 is 36.6. The zero-order valence-corrected chi connectivity index (χ0v) is 11.6. The molecule has 18 heavy (non-hydrogen) atoms. The molecule has 0 N–H and O–H groups in total. The molecule has 1 aliphatic heterocycles. The highest BCUT2D eigenvalue weighted by molar-refractivity contribution is 6.17. The highest BCUT2D eigenvalue weighted by Crippen LogP contribution is 2.18. The third kappa shape index (κ3) is 6.81. The van der Waals surface area contributed by atoms with Gasteiger partial charge in [0.2, 0.25) is 0 Å². The van der Waals surface area contributed by atoms with Crippen LogP contribution in [0, 0.1) is 5.92 Å². The van der Waals surface area contributed by atoms with Crippen LogP contribution in [-0.4, -0.2) is 61.1 Å². The van der Waals surface area contributed by atoms with Crippen LogP contribution in [0.5, 0.6) is 0 Å². The molecule has 108 valence electrons. The van der Waals surface area contributed by atoms with Crippen molar-refractivity contribution in [1.82, 2.24) is 9.80 Å². The molecule has 1 rings (SSSR count). The minimum absolute atomic E-state index is 0.517. The standard InChI is InChI=1S/C12H22ClF3N2/c1-11(2-4-13)3-5-17-6-8-18(9-7-17)10-12(14,15)16/h11H,2-10H2,1H3. The fourth-order valence-corrected chi connectivity index (χ4v) is 2.53. The van der Waals surface area contributed by atoms with Crippen LogP contribution < -0.4 is 0 Å². The van der Waals surface area contributed by atoms with Gasteiger partial charge in [0.25, 0.3) is 0 Å². The Balaban J connectivity index is 2.15. The van der Waals surface area contributed by atoms with Gasteiger partial charge in [0.05, 0.1) is 6.54 Å².